The van der Waals surface area contributed by atoms with Crippen LogP contribution in [0.3, 0.4) is 0 Å². The van der Waals surface area contributed by atoms with Crippen LogP contribution in [0.2, 0.25) is 0 Å². The summed E-state index contributed by atoms with van der Waals surface area (Å²) in [4.78, 5) is 18.5. The van der Waals surface area contributed by atoms with E-state index in [0.29, 0.717) is 5.69 Å². The van der Waals surface area contributed by atoms with E-state index in [4.69, 9.17) is 0 Å². The number of thiazole rings is 1. The molecule has 0 unspecified atom stereocenters. The number of rotatable bonds is 2. The Balaban J connectivity index is 1.76. The number of carbonyl (C=O) groups excluding carboxylic acids is 1. The van der Waals surface area contributed by atoms with E-state index < -0.39 is 0 Å². The normalized spacial score (nSPS) is 14.4. The van der Waals surface area contributed by atoms with Crippen LogP contribution < -0.4 is 0 Å². The van der Waals surface area contributed by atoms with E-state index >= 15 is 0 Å². The second kappa shape index (κ2) is 4.78. The van der Waals surface area contributed by atoms with Crippen molar-refractivity contribution in [2.24, 2.45) is 0 Å². The molecule has 1 aliphatic carbocycles. The molecule has 0 bridgehead atoms. The number of aromatic nitrogens is 1. The second-order valence-electron chi connectivity index (χ2n) is 5.00. The van der Waals surface area contributed by atoms with Crippen molar-refractivity contribution in [1.29, 1.82) is 0 Å². The van der Waals surface area contributed by atoms with Crippen molar-refractivity contribution < 1.29 is 4.79 Å². The highest BCUT2D eigenvalue weighted by atomic mass is 32.1. The summed E-state index contributed by atoms with van der Waals surface area (Å²) >= 11 is 1.52. The fraction of sp³-hybridized carbons (Fsp3) is 0.333. The highest BCUT2D eigenvalue weighted by molar-refractivity contribution is 7.09. The Kier molecular flexibility index (Phi) is 3.11. The average molecular weight is 272 g/mol. The van der Waals surface area contributed by atoms with Crippen LogP contribution in [-0.2, 0) is 12.8 Å². The summed E-state index contributed by atoms with van der Waals surface area (Å²) in [5.41, 5.74) is 3.30. The molecule has 0 aliphatic heterocycles. The molecule has 0 radical (unpaired) electrons. The molecule has 0 fully saturated rings. The fourth-order valence-electron chi connectivity index (χ4n) is 2.62. The Hall–Kier alpha value is -1.68. The lowest BCUT2D eigenvalue weighted by Gasteiger charge is -2.23. The standard InChI is InChI=1S/C15H16N2OS/c1-10-16-14(9-19-10)15(18)17(2)13-7-11-5-3-4-6-12(11)8-13/h3-6,9,13H,7-8H2,1-2H3. The smallest absolute Gasteiger partial charge is 0.273 e. The first-order valence-electron chi connectivity index (χ1n) is 6.41. The van der Waals surface area contributed by atoms with Crippen molar-refractivity contribution in [2.75, 3.05) is 7.05 Å². The molecule has 1 amide bonds. The third-order valence-corrected chi connectivity index (χ3v) is 4.51. The quantitative estimate of drug-likeness (QED) is 0.842. The number of likely N-dealkylation sites (N-methyl/N-ethyl adjacent to an activating group) is 1. The predicted octanol–water partition coefficient (Wildman–Crippen LogP) is 2.69. The van der Waals surface area contributed by atoms with Gasteiger partial charge in [0.2, 0.25) is 0 Å². The summed E-state index contributed by atoms with van der Waals surface area (Å²) in [6, 6.07) is 8.69. The third-order valence-electron chi connectivity index (χ3n) is 3.74. The fourth-order valence-corrected chi connectivity index (χ4v) is 3.20. The zero-order valence-electron chi connectivity index (χ0n) is 11.1. The molecule has 1 aliphatic rings. The highest BCUT2D eigenvalue weighted by Crippen LogP contribution is 2.25. The van der Waals surface area contributed by atoms with E-state index in [2.05, 4.69) is 29.2 Å². The first kappa shape index (κ1) is 12.4. The van der Waals surface area contributed by atoms with Gasteiger partial charge < -0.3 is 4.90 Å². The molecule has 1 aromatic carbocycles. The van der Waals surface area contributed by atoms with Gasteiger partial charge in [0.25, 0.3) is 5.91 Å². The van der Waals surface area contributed by atoms with Gasteiger partial charge in [-0.25, -0.2) is 4.98 Å². The molecule has 4 heteroatoms. The molecular formula is C15H16N2OS. The largest absolute Gasteiger partial charge is 0.337 e. The van der Waals surface area contributed by atoms with E-state index in [1.54, 1.807) is 0 Å². The average Bonchev–Trinajstić information content (AvgIpc) is 3.02. The molecule has 0 saturated heterocycles. The van der Waals surface area contributed by atoms with Crippen molar-refractivity contribution in [2.45, 2.75) is 25.8 Å². The van der Waals surface area contributed by atoms with Gasteiger partial charge in [-0.1, -0.05) is 24.3 Å². The van der Waals surface area contributed by atoms with Gasteiger partial charge in [0.15, 0.2) is 0 Å². The predicted molar refractivity (Wildman–Crippen MR) is 76.6 cm³/mol. The zero-order chi connectivity index (χ0) is 13.4. The molecule has 0 spiro atoms. The van der Waals surface area contributed by atoms with Crippen molar-refractivity contribution in [1.82, 2.24) is 9.88 Å². The maximum Gasteiger partial charge on any atom is 0.273 e. The molecule has 0 N–H and O–H groups in total. The van der Waals surface area contributed by atoms with Crippen LogP contribution in [-0.4, -0.2) is 28.9 Å². The number of hydrogen-bond acceptors (Lipinski definition) is 3. The first-order chi connectivity index (χ1) is 9.15. The summed E-state index contributed by atoms with van der Waals surface area (Å²) in [5, 5.41) is 2.78. The Morgan fingerprint density at radius 3 is 2.47 bits per heavy atom. The summed E-state index contributed by atoms with van der Waals surface area (Å²) in [7, 11) is 1.88. The summed E-state index contributed by atoms with van der Waals surface area (Å²) in [6.07, 6.45) is 1.89. The summed E-state index contributed by atoms with van der Waals surface area (Å²) in [6.45, 7) is 1.92. The van der Waals surface area contributed by atoms with Crippen LogP contribution in [0, 0.1) is 6.92 Å². The minimum atomic E-state index is 0.0298. The lowest BCUT2D eigenvalue weighted by atomic mass is 10.1. The number of fused-ring (bicyclic) bond motifs is 1. The number of hydrogen-bond donors (Lipinski definition) is 0. The Morgan fingerprint density at radius 2 is 1.95 bits per heavy atom. The van der Waals surface area contributed by atoms with Crippen molar-refractivity contribution in [3.8, 4) is 0 Å². The Labute approximate surface area is 116 Å². The number of aryl methyl sites for hydroxylation is 1. The number of benzene rings is 1. The van der Waals surface area contributed by atoms with Gasteiger partial charge in [-0.2, -0.15) is 0 Å². The third kappa shape index (κ3) is 2.28. The lowest BCUT2D eigenvalue weighted by Crippen LogP contribution is -2.37. The van der Waals surface area contributed by atoms with Crippen LogP contribution in [0.1, 0.15) is 26.6 Å². The highest BCUT2D eigenvalue weighted by Gasteiger charge is 2.28. The van der Waals surface area contributed by atoms with E-state index in [9.17, 15) is 4.79 Å². The van der Waals surface area contributed by atoms with E-state index in [1.165, 1.54) is 22.5 Å². The maximum absolute atomic E-state index is 12.4. The molecule has 98 valence electrons. The maximum atomic E-state index is 12.4. The number of amides is 1. The van der Waals surface area contributed by atoms with Crippen LogP contribution >= 0.6 is 11.3 Å². The molecular weight excluding hydrogens is 256 g/mol. The summed E-state index contributed by atoms with van der Waals surface area (Å²) < 4.78 is 0. The van der Waals surface area contributed by atoms with Gasteiger partial charge in [0.1, 0.15) is 5.69 Å². The van der Waals surface area contributed by atoms with Gasteiger partial charge in [0, 0.05) is 18.5 Å². The van der Waals surface area contributed by atoms with Crippen molar-refractivity contribution >= 4 is 17.2 Å². The van der Waals surface area contributed by atoms with Crippen molar-refractivity contribution in [3.63, 3.8) is 0 Å². The second-order valence-corrected chi connectivity index (χ2v) is 6.06. The van der Waals surface area contributed by atoms with Gasteiger partial charge in [-0.3, -0.25) is 4.79 Å². The topological polar surface area (TPSA) is 33.2 Å². The molecule has 3 nitrogen and oxygen atoms in total. The molecule has 3 rings (SSSR count). The lowest BCUT2D eigenvalue weighted by molar-refractivity contribution is 0.0732. The molecule has 1 heterocycles. The number of nitrogens with zero attached hydrogens (tertiary/aromatic N) is 2. The number of carbonyl (C=O) groups is 1. The first-order valence-corrected chi connectivity index (χ1v) is 7.29. The molecule has 1 aromatic heterocycles. The monoisotopic (exact) mass is 272 g/mol. The Morgan fingerprint density at radius 1 is 1.32 bits per heavy atom. The van der Waals surface area contributed by atoms with E-state index in [1.807, 2.05) is 24.3 Å². The molecule has 2 aromatic rings. The molecule has 0 atom stereocenters. The minimum absolute atomic E-state index is 0.0298. The molecule has 0 saturated carbocycles. The van der Waals surface area contributed by atoms with Gasteiger partial charge in [-0.15, -0.1) is 11.3 Å². The van der Waals surface area contributed by atoms with Crippen molar-refractivity contribution in [3.05, 3.63) is 51.5 Å². The molecule has 19 heavy (non-hydrogen) atoms. The van der Waals surface area contributed by atoms with Gasteiger partial charge in [0.05, 0.1) is 5.01 Å². The van der Waals surface area contributed by atoms with Gasteiger partial charge >= 0.3 is 0 Å². The SMILES string of the molecule is Cc1nc(C(=O)N(C)C2Cc3ccccc3C2)cs1. The minimum Gasteiger partial charge on any atom is -0.337 e. The van der Waals surface area contributed by atoms with Crippen LogP contribution in [0.5, 0.6) is 0 Å². The van der Waals surface area contributed by atoms with Crippen LogP contribution in [0.15, 0.2) is 29.6 Å². The van der Waals surface area contributed by atoms with Gasteiger partial charge in [-0.05, 0) is 30.9 Å². The van der Waals surface area contributed by atoms with Crippen LogP contribution in [0.4, 0.5) is 0 Å². The van der Waals surface area contributed by atoms with E-state index in [0.717, 1.165) is 17.8 Å². The zero-order valence-corrected chi connectivity index (χ0v) is 11.9. The summed E-state index contributed by atoms with van der Waals surface area (Å²) in [5.74, 6) is 0.0298. The Bertz CT molecular complexity index is 595. The van der Waals surface area contributed by atoms with E-state index in [-0.39, 0.29) is 11.9 Å². The van der Waals surface area contributed by atoms with Crippen LogP contribution in [0.25, 0.3) is 0 Å².